The normalized spacial score (nSPS) is 10.5. The fourth-order valence-electron chi connectivity index (χ4n) is 1.04. The summed E-state index contributed by atoms with van der Waals surface area (Å²) >= 11 is 3.91. The van der Waals surface area contributed by atoms with Crippen LogP contribution in [0.25, 0.3) is 0 Å². The molecule has 0 unspecified atom stereocenters. The van der Waals surface area contributed by atoms with Crippen molar-refractivity contribution in [1.29, 1.82) is 0 Å². The molecule has 0 saturated heterocycles. The summed E-state index contributed by atoms with van der Waals surface area (Å²) in [5.74, 6) is 0.240. The molecule has 90 valence electrons. The van der Waals surface area contributed by atoms with Gasteiger partial charge in [-0.2, -0.15) is 21.0 Å². The van der Waals surface area contributed by atoms with Crippen LogP contribution in [0.2, 0.25) is 0 Å². The molecule has 17 heavy (non-hydrogen) atoms. The van der Waals surface area contributed by atoms with Gasteiger partial charge in [-0.3, -0.25) is 9.35 Å². The summed E-state index contributed by atoms with van der Waals surface area (Å²) in [6, 6.07) is 5.23. The molecule has 0 aliphatic carbocycles. The molecular weight excluding hydrogens is 289 g/mol. The first-order valence-corrected chi connectivity index (χ1v) is 6.49. The van der Waals surface area contributed by atoms with Crippen LogP contribution >= 0.6 is 12.6 Å². The zero-order chi connectivity index (χ0) is 12.2. The van der Waals surface area contributed by atoms with E-state index in [0.29, 0.717) is 11.4 Å². The number of thiol groups is 1. The van der Waals surface area contributed by atoms with Crippen LogP contribution in [0.4, 0.5) is 5.69 Å². The molecule has 5 nitrogen and oxygen atoms in total. The van der Waals surface area contributed by atoms with Gasteiger partial charge in [-0.1, -0.05) is 0 Å². The largest absolute Gasteiger partial charge is 1.00 e. The summed E-state index contributed by atoms with van der Waals surface area (Å²) in [6.07, 6.45) is 0.281. The third-order valence-corrected chi connectivity index (χ3v) is 2.87. The SMILES string of the molecule is O=C(CCS)Nc1ccc(S(=O)(=O)O)cc1.[H-].[K+]. The van der Waals surface area contributed by atoms with E-state index in [1.165, 1.54) is 24.3 Å². The minimum Gasteiger partial charge on any atom is -1.00 e. The fraction of sp³-hybridized carbons (Fsp3) is 0.222. The van der Waals surface area contributed by atoms with Gasteiger partial charge >= 0.3 is 51.4 Å². The van der Waals surface area contributed by atoms with Crippen molar-refractivity contribution in [3.05, 3.63) is 24.3 Å². The van der Waals surface area contributed by atoms with E-state index in [1.807, 2.05) is 0 Å². The molecule has 1 rings (SSSR count). The zero-order valence-corrected chi connectivity index (χ0v) is 14.1. The Balaban J connectivity index is 0. The second-order valence-electron chi connectivity index (χ2n) is 3.02. The molecule has 0 heterocycles. The van der Waals surface area contributed by atoms with Gasteiger partial charge in [0.25, 0.3) is 10.1 Å². The monoisotopic (exact) mass is 301 g/mol. The first-order valence-electron chi connectivity index (χ1n) is 4.42. The van der Waals surface area contributed by atoms with Crippen molar-refractivity contribution in [2.75, 3.05) is 11.1 Å². The number of hydrogen-bond acceptors (Lipinski definition) is 4. The molecule has 0 bridgehead atoms. The number of anilines is 1. The Morgan fingerprint density at radius 1 is 1.35 bits per heavy atom. The minimum absolute atomic E-state index is 0. The summed E-state index contributed by atoms with van der Waals surface area (Å²) in [4.78, 5) is 11.0. The van der Waals surface area contributed by atoms with Crippen LogP contribution in [0.15, 0.2) is 29.2 Å². The van der Waals surface area contributed by atoms with E-state index in [4.69, 9.17) is 4.55 Å². The summed E-state index contributed by atoms with van der Waals surface area (Å²) in [7, 11) is -4.18. The standard InChI is InChI=1S/C9H11NO4S2.K.H/c11-9(5-6-15)10-7-1-3-8(4-2-7)16(12,13)14;;/h1-4,15H,5-6H2,(H,10,11)(H,12,13,14);;/q;+1;-1. The van der Waals surface area contributed by atoms with Gasteiger partial charge in [-0.25, -0.2) is 0 Å². The smallest absolute Gasteiger partial charge is 1.00 e. The molecular formula is C9H12KNO4S2. The molecule has 2 N–H and O–H groups in total. The van der Waals surface area contributed by atoms with Gasteiger partial charge in [-0.05, 0) is 30.0 Å². The average molecular weight is 301 g/mol. The van der Waals surface area contributed by atoms with Crippen LogP contribution in [0.3, 0.4) is 0 Å². The van der Waals surface area contributed by atoms with Crippen LogP contribution < -0.4 is 56.7 Å². The fourth-order valence-corrected chi connectivity index (χ4v) is 1.72. The van der Waals surface area contributed by atoms with E-state index in [2.05, 4.69) is 17.9 Å². The first-order chi connectivity index (χ1) is 7.43. The van der Waals surface area contributed by atoms with E-state index in [9.17, 15) is 13.2 Å². The molecule has 0 atom stereocenters. The van der Waals surface area contributed by atoms with Gasteiger partial charge in [0.2, 0.25) is 5.91 Å². The third-order valence-electron chi connectivity index (χ3n) is 1.77. The van der Waals surface area contributed by atoms with Crippen LogP contribution in [0, 0.1) is 0 Å². The Hall–Kier alpha value is 0.586. The van der Waals surface area contributed by atoms with Crippen molar-refractivity contribution < 1.29 is 70.6 Å². The van der Waals surface area contributed by atoms with Gasteiger partial charge in [0.15, 0.2) is 0 Å². The van der Waals surface area contributed by atoms with Crippen molar-refractivity contribution in [3.63, 3.8) is 0 Å². The maximum Gasteiger partial charge on any atom is 1.00 e. The van der Waals surface area contributed by atoms with E-state index in [0.717, 1.165) is 0 Å². The maximum absolute atomic E-state index is 11.2. The van der Waals surface area contributed by atoms with Crippen molar-refractivity contribution in [1.82, 2.24) is 0 Å². The Kier molecular flexibility index (Phi) is 8.17. The van der Waals surface area contributed by atoms with Gasteiger partial charge in [0, 0.05) is 12.1 Å². The summed E-state index contributed by atoms with van der Waals surface area (Å²) in [6.45, 7) is 0. The molecule has 1 amide bonds. The summed E-state index contributed by atoms with van der Waals surface area (Å²) < 4.78 is 30.2. The zero-order valence-electron chi connectivity index (χ0n) is 10.3. The Morgan fingerprint density at radius 2 is 1.88 bits per heavy atom. The first kappa shape index (κ1) is 17.6. The predicted molar refractivity (Wildman–Crippen MR) is 64.5 cm³/mol. The number of carbonyl (C=O) groups is 1. The molecule has 0 radical (unpaired) electrons. The number of amides is 1. The minimum atomic E-state index is -4.18. The molecule has 0 aliphatic heterocycles. The summed E-state index contributed by atoms with van der Waals surface area (Å²) in [5, 5.41) is 2.56. The average Bonchev–Trinajstić information content (AvgIpc) is 2.17. The van der Waals surface area contributed by atoms with Crippen molar-refractivity contribution in [3.8, 4) is 0 Å². The van der Waals surface area contributed by atoms with E-state index >= 15 is 0 Å². The Bertz CT molecular complexity index is 478. The molecule has 8 heteroatoms. The number of hydrogen-bond donors (Lipinski definition) is 3. The number of carbonyl (C=O) groups excluding carboxylic acids is 1. The molecule has 0 aliphatic rings. The van der Waals surface area contributed by atoms with Crippen molar-refractivity contribution >= 4 is 34.3 Å². The van der Waals surface area contributed by atoms with Gasteiger partial charge in [0.1, 0.15) is 0 Å². The van der Waals surface area contributed by atoms with Crippen LogP contribution in [-0.4, -0.2) is 24.6 Å². The topological polar surface area (TPSA) is 83.5 Å². The van der Waals surface area contributed by atoms with Crippen LogP contribution in [-0.2, 0) is 14.9 Å². The van der Waals surface area contributed by atoms with Crippen LogP contribution in [0.5, 0.6) is 0 Å². The van der Waals surface area contributed by atoms with E-state index < -0.39 is 10.1 Å². The number of nitrogens with one attached hydrogen (secondary N) is 1. The van der Waals surface area contributed by atoms with E-state index in [-0.39, 0.29) is 70.0 Å². The molecule has 0 spiro atoms. The molecule has 1 aromatic rings. The van der Waals surface area contributed by atoms with Gasteiger partial charge in [0.05, 0.1) is 4.90 Å². The molecule has 0 aromatic heterocycles. The van der Waals surface area contributed by atoms with Crippen LogP contribution in [0.1, 0.15) is 7.85 Å². The quantitative estimate of drug-likeness (QED) is 0.352. The van der Waals surface area contributed by atoms with Crippen molar-refractivity contribution in [2.24, 2.45) is 0 Å². The summed E-state index contributed by atoms with van der Waals surface area (Å²) in [5.41, 5.74) is 0.471. The molecule has 0 saturated carbocycles. The van der Waals surface area contributed by atoms with Gasteiger partial charge in [-0.15, -0.1) is 0 Å². The van der Waals surface area contributed by atoms with Gasteiger partial charge < -0.3 is 6.74 Å². The van der Waals surface area contributed by atoms with Crippen molar-refractivity contribution in [2.45, 2.75) is 11.3 Å². The second kappa shape index (κ2) is 7.90. The third kappa shape index (κ3) is 6.34. The predicted octanol–water partition coefficient (Wildman–Crippen LogP) is -1.69. The van der Waals surface area contributed by atoms with E-state index in [1.54, 1.807) is 0 Å². The Labute approximate surface area is 149 Å². The molecule has 0 fully saturated rings. The number of rotatable bonds is 4. The molecule has 1 aromatic carbocycles. The maximum atomic E-state index is 11.2. The Morgan fingerprint density at radius 3 is 2.29 bits per heavy atom. The second-order valence-corrected chi connectivity index (χ2v) is 4.89. The number of benzene rings is 1.